The Morgan fingerprint density at radius 1 is 0.833 bits per heavy atom. The number of anilines is 1. The molecule has 0 aromatic heterocycles. The van der Waals surface area contributed by atoms with Crippen LogP contribution in [-0.4, -0.2) is 56.9 Å². The maximum absolute atomic E-state index is 5.80. The SMILES string of the molecule is COc1cccc(OC)c1-c1c2ccc(=[N+](C)C)cc-2[se]c2ccc(N(C)C)cc12. The summed E-state index contributed by atoms with van der Waals surface area (Å²) in [7, 11) is 11.8. The van der Waals surface area contributed by atoms with E-state index in [2.05, 4.69) is 74.1 Å². The quantitative estimate of drug-likeness (QED) is 0.260. The van der Waals surface area contributed by atoms with Gasteiger partial charge in [0.1, 0.15) is 0 Å². The van der Waals surface area contributed by atoms with E-state index in [0.717, 1.165) is 17.1 Å². The molecule has 0 N–H and O–H groups in total. The van der Waals surface area contributed by atoms with Crippen LogP contribution in [-0.2, 0) is 0 Å². The van der Waals surface area contributed by atoms with Crippen LogP contribution in [0.1, 0.15) is 0 Å². The van der Waals surface area contributed by atoms with E-state index in [1.54, 1.807) is 14.2 Å². The zero-order chi connectivity index (χ0) is 21.4. The molecule has 0 spiro atoms. The summed E-state index contributed by atoms with van der Waals surface area (Å²) in [6, 6.07) is 19.5. The van der Waals surface area contributed by atoms with Crippen molar-refractivity contribution in [1.82, 2.24) is 4.58 Å². The van der Waals surface area contributed by atoms with Crippen LogP contribution in [0.5, 0.6) is 11.5 Å². The van der Waals surface area contributed by atoms with Crippen molar-refractivity contribution in [2.24, 2.45) is 0 Å². The van der Waals surface area contributed by atoms with Crippen LogP contribution in [0.25, 0.3) is 30.8 Å². The standard InChI is InChI=1S/C25H27N2O2Se/c1-26(2)16-11-13-22-19(14-16)24(25-20(28-5)8-7-9-21(25)29-6)18-12-10-17(27(3)4)15-23(18)30-22/h7-15H,1-6H3/q+1. The monoisotopic (exact) mass is 467 g/mol. The normalized spacial score (nSPS) is 11.0. The first kappa shape index (κ1) is 20.5. The second-order valence-electron chi connectivity index (χ2n) is 7.66. The van der Waals surface area contributed by atoms with Crippen LogP contribution >= 0.6 is 0 Å². The van der Waals surface area contributed by atoms with E-state index in [1.165, 1.54) is 36.3 Å². The van der Waals surface area contributed by atoms with Gasteiger partial charge in [0.05, 0.1) is 0 Å². The second kappa shape index (κ2) is 8.17. The second-order valence-corrected chi connectivity index (χ2v) is 9.94. The van der Waals surface area contributed by atoms with E-state index in [9.17, 15) is 0 Å². The summed E-state index contributed by atoms with van der Waals surface area (Å²) in [4.78, 5) is 2.15. The van der Waals surface area contributed by atoms with E-state index >= 15 is 0 Å². The molecule has 1 aliphatic carbocycles. The summed E-state index contributed by atoms with van der Waals surface area (Å²) in [6.45, 7) is 0. The summed E-state index contributed by atoms with van der Waals surface area (Å²) < 4.78 is 16.5. The van der Waals surface area contributed by atoms with Crippen molar-refractivity contribution in [3.63, 3.8) is 0 Å². The summed E-state index contributed by atoms with van der Waals surface area (Å²) in [5.41, 5.74) is 4.63. The molecule has 4 nitrogen and oxygen atoms in total. The minimum absolute atomic E-state index is 0.223. The molecule has 0 unspecified atom stereocenters. The first-order chi connectivity index (χ1) is 14.4. The summed E-state index contributed by atoms with van der Waals surface area (Å²) in [5.74, 6) is 1.64. The maximum atomic E-state index is 5.80. The first-order valence-corrected chi connectivity index (χ1v) is 11.6. The predicted molar refractivity (Wildman–Crippen MR) is 127 cm³/mol. The third-order valence-electron chi connectivity index (χ3n) is 5.40. The fourth-order valence-corrected chi connectivity index (χ4v) is 6.11. The van der Waals surface area contributed by atoms with Gasteiger partial charge in [0.25, 0.3) is 0 Å². The van der Waals surface area contributed by atoms with Crippen molar-refractivity contribution in [3.8, 4) is 32.6 Å². The molecule has 0 saturated heterocycles. The van der Waals surface area contributed by atoms with Crippen LogP contribution < -0.4 is 24.3 Å². The minimum atomic E-state index is 0.223. The average molecular weight is 466 g/mol. The number of nitrogens with zero attached hydrogens (tertiary/aromatic N) is 2. The Morgan fingerprint density at radius 3 is 2.13 bits per heavy atom. The number of rotatable bonds is 4. The Balaban J connectivity index is 2.23. The molecular weight excluding hydrogens is 439 g/mol. The fourth-order valence-electron chi connectivity index (χ4n) is 3.79. The topological polar surface area (TPSA) is 24.7 Å². The predicted octanol–water partition coefficient (Wildman–Crippen LogP) is 3.78. The Labute approximate surface area is 183 Å². The van der Waals surface area contributed by atoms with Crippen molar-refractivity contribution in [3.05, 3.63) is 60.0 Å². The van der Waals surface area contributed by atoms with Gasteiger partial charge in [-0.1, -0.05) is 0 Å². The van der Waals surface area contributed by atoms with Crippen molar-refractivity contribution in [2.75, 3.05) is 47.3 Å². The van der Waals surface area contributed by atoms with E-state index in [0.29, 0.717) is 0 Å². The van der Waals surface area contributed by atoms with E-state index in [4.69, 9.17) is 9.47 Å². The van der Waals surface area contributed by atoms with E-state index < -0.39 is 0 Å². The molecule has 30 heavy (non-hydrogen) atoms. The molecule has 0 bridgehead atoms. The molecule has 2 aromatic carbocycles. The number of hydrogen-bond donors (Lipinski definition) is 0. The number of hydrogen-bond acceptors (Lipinski definition) is 3. The molecule has 2 aromatic rings. The molecule has 1 heterocycles. The Hall–Kier alpha value is -2.75. The molecule has 0 amide bonds. The molecule has 0 saturated carbocycles. The van der Waals surface area contributed by atoms with Crippen LogP contribution in [0.15, 0.2) is 54.6 Å². The van der Waals surface area contributed by atoms with Gasteiger partial charge in [-0.2, -0.15) is 0 Å². The van der Waals surface area contributed by atoms with Crippen LogP contribution in [0.3, 0.4) is 0 Å². The summed E-state index contributed by atoms with van der Waals surface area (Å²) in [6.07, 6.45) is 0. The van der Waals surface area contributed by atoms with Crippen LogP contribution in [0.4, 0.5) is 5.69 Å². The molecule has 0 fully saturated rings. The summed E-state index contributed by atoms with van der Waals surface area (Å²) >= 11 is 0.223. The van der Waals surface area contributed by atoms with Gasteiger partial charge in [0.2, 0.25) is 0 Å². The van der Waals surface area contributed by atoms with Crippen molar-refractivity contribution in [1.29, 1.82) is 0 Å². The Morgan fingerprint density at radius 2 is 1.53 bits per heavy atom. The average Bonchev–Trinajstić information content (AvgIpc) is 2.76. The number of benzene rings is 3. The van der Waals surface area contributed by atoms with Crippen molar-refractivity contribution in [2.45, 2.75) is 0 Å². The van der Waals surface area contributed by atoms with Crippen molar-refractivity contribution < 1.29 is 9.47 Å². The Bertz CT molecular complexity index is 1250. The number of ether oxygens (including phenoxy) is 2. The number of methoxy groups -OCH3 is 2. The first-order valence-electron chi connectivity index (χ1n) is 9.84. The molecule has 0 atom stereocenters. The van der Waals surface area contributed by atoms with Crippen LogP contribution in [0.2, 0.25) is 0 Å². The van der Waals surface area contributed by atoms with Gasteiger partial charge >= 0.3 is 184 Å². The third kappa shape index (κ3) is 3.49. The molecule has 4 rings (SSSR count). The van der Waals surface area contributed by atoms with Gasteiger partial charge in [0, 0.05) is 0 Å². The Kier molecular flexibility index (Phi) is 5.59. The third-order valence-corrected chi connectivity index (χ3v) is 7.78. The van der Waals surface area contributed by atoms with E-state index in [-0.39, 0.29) is 14.5 Å². The zero-order valence-corrected chi connectivity index (χ0v) is 20.0. The zero-order valence-electron chi connectivity index (χ0n) is 18.3. The molecule has 0 radical (unpaired) electrons. The van der Waals surface area contributed by atoms with Gasteiger partial charge in [-0.15, -0.1) is 0 Å². The molecule has 154 valence electrons. The molecule has 2 aliphatic rings. The van der Waals surface area contributed by atoms with Gasteiger partial charge < -0.3 is 0 Å². The molecule has 1 aliphatic heterocycles. The fraction of sp³-hybridized carbons (Fsp3) is 0.240. The molecular formula is C25H27N2O2Se+. The van der Waals surface area contributed by atoms with Gasteiger partial charge in [-0.05, 0) is 0 Å². The van der Waals surface area contributed by atoms with E-state index in [1.807, 2.05) is 18.2 Å². The van der Waals surface area contributed by atoms with Crippen LogP contribution in [0, 0.1) is 0 Å². The number of fused-ring (bicyclic) bond motifs is 2. The van der Waals surface area contributed by atoms with Gasteiger partial charge in [0.15, 0.2) is 0 Å². The summed E-state index contributed by atoms with van der Waals surface area (Å²) in [5, 5.41) is 2.48. The molecule has 5 heteroatoms. The van der Waals surface area contributed by atoms with Crippen molar-refractivity contribution >= 4 is 29.8 Å². The van der Waals surface area contributed by atoms with Gasteiger partial charge in [-0.25, -0.2) is 0 Å². The van der Waals surface area contributed by atoms with Gasteiger partial charge in [-0.3, -0.25) is 0 Å².